The van der Waals surface area contributed by atoms with Crippen LogP contribution in [0.4, 0.5) is 0 Å². The van der Waals surface area contributed by atoms with Crippen LogP contribution in [0.2, 0.25) is 0 Å². The molecule has 0 aliphatic rings. The SMILES string of the molecule is O=C(O)c1cc2c[c]sc2s1. The van der Waals surface area contributed by atoms with Crippen molar-refractivity contribution in [1.82, 2.24) is 0 Å². The fourth-order valence-corrected chi connectivity index (χ4v) is 2.64. The summed E-state index contributed by atoms with van der Waals surface area (Å²) in [6.45, 7) is 0. The summed E-state index contributed by atoms with van der Waals surface area (Å²) in [7, 11) is 0. The van der Waals surface area contributed by atoms with Crippen LogP contribution in [0.15, 0.2) is 12.1 Å². The second-order valence-corrected chi connectivity index (χ2v) is 4.18. The van der Waals surface area contributed by atoms with Crippen molar-refractivity contribution in [3.05, 3.63) is 22.4 Å². The lowest BCUT2D eigenvalue weighted by Gasteiger charge is -1.79. The number of fused-ring (bicyclic) bond motifs is 1. The molecule has 2 nitrogen and oxygen atoms in total. The van der Waals surface area contributed by atoms with Gasteiger partial charge < -0.3 is 5.11 Å². The number of hydrogen-bond acceptors (Lipinski definition) is 3. The summed E-state index contributed by atoms with van der Waals surface area (Å²) in [6, 6.07) is 3.48. The molecule has 0 fully saturated rings. The number of carbonyl (C=O) groups is 1. The van der Waals surface area contributed by atoms with Crippen LogP contribution in [-0.4, -0.2) is 11.1 Å². The Morgan fingerprint density at radius 3 is 3.09 bits per heavy atom. The van der Waals surface area contributed by atoms with Crippen molar-refractivity contribution in [1.29, 1.82) is 0 Å². The fourth-order valence-electron chi connectivity index (χ4n) is 0.821. The maximum Gasteiger partial charge on any atom is 0.345 e. The van der Waals surface area contributed by atoms with Crippen LogP contribution in [0, 0.1) is 5.38 Å². The molecule has 0 saturated heterocycles. The lowest BCUT2D eigenvalue weighted by atomic mass is 10.4. The first-order chi connectivity index (χ1) is 5.27. The van der Waals surface area contributed by atoms with Crippen molar-refractivity contribution in [2.75, 3.05) is 0 Å². The highest BCUT2D eigenvalue weighted by Gasteiger charge is 2.07. The Hall–Kier alpha value is -0.870. The Balaban J connectivity index is 2.67. The van der Waals surface area contributed by atoms with Crippen LogP contribution < -0.4 is 0 Å². The zero-order valence-electron chi connectivity index (χ0n) is 5.33. The average molecular weight is 183 g/mol. The van der Waals surface area contributed by atoms with Gasteiger partial charge in [0, 0.05) is 10.8 Å². The third kappa shape index (κ3) is 1.04. The largest absolute Gasteiger partial charge is 0.477 e. The van der Waals surface area contributed by atoms with Gasteiger partial charge in [-0.1, -0.05) is 0 Å². The first kappa shape index (κ1) is 6.82. The Labute approximate surface area is 70.7 Å². The van der Waals surface area contributed by atoms with Crippen molar-refractivity contribution in [3.63, 3.8) is 0 Å². The molecule has 0 unspecified atom stereocenters. The minimum Gasteiger partial charge on any atom is -0.477 e. The highest BCUT2D eigenvalue weighted by Crippen LogP contribution is 2.29. The van der Waals surface area contributed by atoms with Gasteiger partial charge in [-0.3, -0.25) is 0 Å². The fraction of sp³-hybridized carbons (Fsp3) is 0. The Kier molecular flexibility index (Phi) is 1.44. The number of carboxylic acids is 1. The third-order valence-corrected chi connectivity index (χ3v) is 3.39. The number of hydrogen-bond donors (Lipinski definition) is 1. The monoisotopic (exact) mass is 183 g/mol. The summed E-state index contributed by atoms with van der Waals surface area (Å²) in [5, 5.41) is 12.5. The Morgan fingerprint density at radius 2 is 2.45 bits per heavy atom. The van der Waals surface area contributed by atoms with Crippen LogP contribution in [-0.2, 0) is 0 Å². The van der Waals surface area contributed by atoms with Gasteiger partial charge in [-0.25, -0.2) is 4.79 Å². The van der Waals surface area contributed by atoms with Gasteiger partial charge in [-0.2, -0.15) is 0 Å². The predicted molar refractivity (Wildman–Crippen MR) is 45.5 cm³/mol. The molecule has 2 aromatic heterocycles. The van der Waals surface area contributed by atoms with Gasteiger partial charge in [0.25, 0.3) is 0 Å². The molecule has 1 N–H and O–H groups in total. The summed E-state index contributed by atoms with van der Waals surface area (Å²) in [6.07, 6.45) is 0. The van der Waals surface area contributed by atoms with Gasteiger partial charge in [0.2, 0.25) is 0 Å². The highest BCUT2D eigenvalue weighted by atomic mass is 32.2. The van der Waals surface area contributed by atoms with E-state index in [0.717, 1.165) is 9.40 Å². The topological polar surface area (TPSA) is 37.3 Å². The number of rotatable bonds is 1. The van der Waals surface area contributed by atoms with Gasteiger partial charge in [0.1, 0.15) is 4.88 Å². The normalized spacial score (nSPS) is 10.5. The van der Waals surface area contributed by atoms with E-state index in [0.29, 0.717) is 4.88 Å². The van der Waals surface area contributed by atoms with Crippen molar-refractivity contribution < 1.29 is 9.90 Å². The van der Waals surface area contributed by atoms with E-state index >= 15 is 0 Å². The third-order valence-electron chi connectivity index (χ3n) is 1.30. The zero-order valence-corrected chi connectivity index (χ0v) is 6.96. The summed E-state index contributed by atoms with van der Waals surface area (Å²) in [5.74, 6) is -0.849. The summed E-state index contributed by atoms with van der Waals surface area (Å²) < 4.78 is 1.03. The molecule has 0 aromatic carbocycles. The van der Waals surface area contributed by atoms with E-state index in [1.54, 1.807) is 6.07 Å². The Morgan fingerprint density at radius 1 is 1.64 bits per heavy atom. The van der Waals surface area contributed by atoms with E-state index in [-0.39, 0.29) is 0 Å². The van der Waals surface area contributed by atoms with Gasteiger partial charge in [0.05, 0.1) is 4.01 Å². The van der Waals surface area contributed by atoms with Crippen molar-refractivity contribution in [3.8, 4) is 0 Å². The first-order valence-corrected chi connectivity index (χ1v) is 4.53. The quantitative estimate of drug-likeness (QED) is 0.737. The summed E-state index contributed by atoms with van der Waals surface area (Å²) in [4.78, 5) is 10.9. The molecule has 11 heavy (non-hydrogen) atoms. The second kappa shape index (κ2) is 2.32. The van der Waals surface area contributed by atoms with E-state index in [4.69, 9.17) is 5.11 Å². The second-order valence-electron chi connectivity index (χ2n) is 2.02. The zero-order chi connectivity index (χ0) is 7.84. The Bertz CT molecular complexity index is 371. The van der Waals surface area contributed by atoms with Crippen LogP contribution in [0.25, 0.3) is 9.40 Å². The summed E-state index contributed by atoms with van der Waals surface area (Å²) >= 11 is 2.76. The molecule has 2 rings (SSSR count). The van der Waals surface area contributed by atoms with Crippen molar-refractivity contribution >= 4 is 38.0 Å². The molecule has 0 spiro atoms. The lowest BCUT2D eigenvalue weighted by molar-refractivity contribution is 0.0702. The molecular formula is C7H3O2S2. The molecule has 0 bridgehead atoms. The van der Waals surface area contributed by atoms with E-state index in [9.17, 15) is 4.79 Å². The minimum absolute atomic E-state index is 0.403. The highest BCUT2D eigenvalue weighted by molar-refractivity contribution is 7.38. The maximum absolute atomic E-state index is 10.5. The smallest absolute Gasteiger partial charge is 0.345 e. The van der Waals surface area contributed by atoms with Crippen molar-refractivity contribution in [2.24, 2.45) is 0 Å². The molecule has 0 saturated carbocycles. The molecule has 2 heterocycles. The van der Waals surface area contributed by atoms with Crippen LogP contribution in [0.1, 0.15) is 9.67 Å². The minimum atomic E-state index is -0.849. The van der Waals surface area contributed by atoms with E-state index in [1.165, 1.54) is 22.7 Å². The molecule has 55 valence electrons. The maximum atomic E-state index is 10.5. The molecule has 0 atom stereocenters. The van der Waals surface area contributed by atoms with E-state index in [1.807, 2.05) is 6.07 Å². The molecule has 0 aliphatic heterocycles. The van der Waals surface area contributed by atoms with Gasteiger partial charge in [-0.15, -0.1) is 22.7 Å². The molecule has 0 aliphatic carbocycles. The van der Waals surface area contributed by atoms with Gasteiger partial charge in [-0.05, 0) is 12.1 Å². The molecule has 0 amide bonds. The molecule has 1 radical (unpaired) electrons. The first-order valence-electron chi connectivity index (χ1n) is 2.90. The van der Waals surface area contributed by atoms with Crippen molar-refractivity contribution in [2.45, 2.75) is 0 Å². The molecule has 2 aromatic rings. The standard InChI is InChI=1S/C7H3O2S2/c8-6(9)5-3-4-1-2-10-7(4)11-5/h1,3H,(H,8,9). The number of aromatic carboxylic acids is 1. The molecular weight excluding hydrogens is 180 g/mol. The van der Waals surface area contributed by atoms with E-state index < -0.39 is 5.97 Å². The van der Waals surface area contributed by atoms with Gasteiger partial charge in [0.15, 0.2) is 0 Å². The summed E-state index contributed by atoms with van der Waals surface area (Å²) in [5.41, 5.74) is 0. The number of carboxylic acid groups (broad SMARTS) is 1. The van der Waals surface area contributed by atoms with E-state index in [2.05, 4.69) is 5.38 Å². The molecule has 4 heteroatoms. The van der Waals surface area contributed by atoms with Crippen LogP contribution in [0.5, 0.6) is 0 Å². The lowest BCUT2D eigenvalue weighted by Crippen LogP contribution is -1.89. The average Bonchev–Trinajstić information content (AvgIpc) is 2.40. The van der Waals surface area contributed by atoms with Crippen LogP contribution >= 0.6 is 22.7 Å². The predicted octanol–water partition coefficient (Wildman–Crippen LogP) is 2.46. The van der Waals surface area contributed by atoms with Gasteiger partial charge >= 0.3 is 5.97 Å². The number of thiophene rings is 2. The van der Waals surface area contributed by atoms with Crippen LogP contribution in [0.3, 0.4) is 0 Å².